The maximum atomic E-state index is 12.3. The minimum absolute atomic E-state index is 0.119. The van der Waals surface area contributed by atoms with Crippen LogP contribution in [0.15, 0.2) is 47.1 Å². The third kappa shape index (κ3) is 6.31. The summed E-state index contributed by atoms with van der Waals surface area (Å²) in [7, 11) is 1.48. The van der Waals surface area contributed by atoms with Crippen LogP contribution < -0.4 is 14.8 Å². The van der Waals surface area contributed by atoms with Crippen LogP contribution in [0.2, 0.25) is 0 Å². The van der Waals surface area contributed by atoms with Crippen molar-refractivity contribution >= 4 is 58.1 Å². The van der Waals surface area contributed by atoms with Crippen LogP contribution in [0, 0.1) is 3.57 Å². The van der Waals surface area contributed by atoms with Crippen LogP contribution in [0.4, 0.5) is 5.69 Å². The standard InChI is InChI=1S/C23H21IN2O7/c1-4-31-20(28)12-32-21-17(24)9-14(11-19(21)30-3)10-18-23(29)33-22(26-18)15-5-7-16(8-6-15)25-13(2)27/h5-11H,4,12H2,1-3H3,(H,25,27)/b18-10-. The van der Waals surface area contributed by atoms with E-state index in [2.05, 4.69) is 32.9 Å². The van der Waals surface area contributed by atoms with Crippen LogP contribution in [0.25, 0.3) is 6.08 Å². The van der Waals surface area contributed by atoms with Crippen molar-refractivity contribution in [3.8, 4) is 11.5 Å². The molecule has 9 nitrogen and oxygen atoms in total. The van der Waals surface area contributed by atoms with Gasteiger partial charge in [0.1, 0.15) is 0 Å². The Hall–Kier alpha value is -3.41. The lowest BCUT2D eigenvalue weighted by Crippen LogP contribution is -2.15. The minimum atomic E-state index is -0.590. The van der Waals surface area contributed by atoms with Crippen LogP contribution in [-0.2, 0) is 23.9 Å². The van der Waals surface area contributed by atoms with Gasteiger partial charge in [-0.1, -0.05) is 0 Å². The molecule has 0 aromatic heterocycles. The number of halogens is 1. The summed E-state index contributed by atoms with van der Waals surface area (Å²) >= 11 is 2.05. The van der Waals surface area contributed by atoms with Crippen LogP contribution in [0.5, 0.6) is 11.5 Å². The lowest BCUT2D eigenvalue weighted by molar-refractivity contribution is -0.145. The summed E-state index contributed by atoms with van der Waals surface area (Å²) in [4.78, 5) is 39.4. The number of cyclic esters (lactones) is 1. The van der Waals surface area contributed by atoms with Gasteiger partial charge in [0.25, 0.3) is 0 Å². The lowest BCUT2D eigenvalue weighted by Gasteiger charge is -2.13. The van der Waals surface area contributed by atoms with E-state index in [1.807, 2.05) is 0 Å². The summed E-state index contributed by atoms with van der Waals surface area (Å²) in [5.41, 5.74) is 1.97. The monoisotopic (exact) mass is 564 g/mol. The molecule has 0 fully saturated rings. The van der Waals surface area contributed by atoms with Crippen LogP contribution in [-0.4, -0.2) is 44.1 Å². The highest BCUT2D eigenvalue weighted by Gasteiger charge is 2.24. The van der Waals surface area contributed by atoms with Crippen LogP contribution >= 0.6 is 22.6 Å². The number of amides is 1. The Kier molecular flexibility index (Phi) is 8.04. The van der Waals surface area contributed by atoms with Crippen molar-refractivity contribution in [2.24, 2.45) is 4.99 Å². The van der Waals surface area contributed by atoms with Crippen molar-refractivity contribution in [2.45, 2.75) is 13.8 Å². The molecule has 0 bridgehead atoms. The highest BCUT2D eigenvalue weighted by molar-refractivity contribution is 14.1. The number of nitrogens with one attached hydrogen (secondary N) is 1. The van der Waals surface area contributed by atoms with Gasteiger partial charge in [-0.25, -0.2) is 14.6 Å². The molecule has 0 unspecified atom stereocenters. The highest BCUT2D eigenvalue weighted by Crippen LogP contribution is 2.35. The summed E-state index contributed by atoms with van der Waals surface area (Å²) in [5, 5.41) is 2.67. The Balaban J connectivity index is 1.82. The van der Waals surface area contributed by atoms with E-state index in [9.17, 15) is 14.4 Å². The van der Waals surface area contributed by atoms with Crippen molar-refractivity contribution in [3.05, 3.63) is 56.8 Å². The van der Waals surface area contributed by atoms with Crippen molar-refractivity contribution in [2.75, 3.05) is 25.6 Å². The van der Waals surface area contributed by atoms with E-state index in [0.29, 0.717) is 31.9 Å². The van der Waals surface area contributed by atoms with E-state index in [4.69, 9.17) is 18.9 Å². The molecule has 0 saturated heterocycles. The Morgan fingerprint density at radius 1 is 1.21 bits per heavy atom. The van der Waals surface area contributed by atoms with Crippen molar-refractivity contribution in [1.29, 1.82) is 0 Å². The maximum absolute atomic E-state index is 12.3. The first kappa shape index (κ1) is 24.2. The molecule has 10 heteroatoms. The Morgan fingerprint density at radius 2 is 1.94 bits per heavy atom. The van der Waals surface area contributed by atoms with Crippen molar-refractivity contribution in [1.82, 2.24) is 0 Å². The van der Waals surface area contributed by atoms with Gasteiger partial charge in [0.2, 0.25) is 11.8 Å². The summed E-state index contributed by atoms with van der Waals surface area (Å²) in [6.45, 7) is 3.15. The fourth-order valence-electron chi connectivity index (χ4n) is 2.89. The van der Waals surface area contributed by atoms with Gasteiger partial charge < -0.3 is 24.3 Å². The molecule has 1 amide bonds. The molecule has 0 saturated carbocycles. The number of hydrogen-bond acceptors (Lipinski definition) is 8. The van der Waals surface area contributed by atoms with Gasteiger partial charge in [0.05, 0.1) is 17.3 Å². The molecule has 1 aliphatic rings. The number of hydrogen-bond donors (Lipinski definition) is 1. The number of carbonyl (C=O) groups is 3. The number of carbonyl (C=O) groups excluding carboxylic acids is 3. The second-order valence-electron chi connectivity index (χ2n) is 6.72. The third-order valence-corrected chi connectivity index (χ3v) is 5.07. The normalized spacial score (nSPS) is 13.9. The number of esters is 2. The molecule has 0 spiro atoms. The van der Waals surface area contributed by atoms with Gasteiger partial charge in [0, 0.05) is 18.2 Å². The predicted molar refractivity (Wildman–Crippen MR) is 129 cm³/mol. The Labute approximate surface area is 203 Å². The molecular formula is C23H21IN2O7. The first-order valence-electron chi connectivity index (χ1n) is 9.87. The minimum Gasteiger partial charge on any atom is -0.493 e. The second-order valence-corrected chi connectivity index (χ2v) is 7.88. The third-order valence-electron chi connectivity index (χ3n) is 4.27. The fraction of sp³-hybridized carbons (Fsp3) is 0.217. The van der Waals surface area contributed by atoms with E-state index in [1.54, 1.807) is 49.4 Å². The SMILES string of the molecule is CCOC(=O)COc1c(I)cc(/C=C2\N=C(c3ccc(NC(C)=O)cc3)OC2=O)cc1OC. The summed E-state index contributed by atoms with van der Waals surface area (Å²) in [6, 6.07) is 10.2. The average molecular weight is 564 g/mol. The zero-order valence-electron chi connectivity index (χ0n) is 18.1. The topological polar surface area (TPSA) is 113 Å². The number of anilines is 1. The van der Waals surface area contributed by atoms with E-state index in [0.717, 1.165) is 0 Å². The first-order valence-corrected chi connectivity index (χ1v) is 10.9. The molecule has 0 aliphatic carbocycles. The van der Waals surface area contributed by atoms with Gasteiger partial charge in [-0.05, 0) is 77.6 Å². The van der Waals surface area contributed by atoms with Gasteiger partial charge in [0.15, 0.2) is 23.8 Å². The largest absolute Gasteiger partial charge is 0.493 e. The number of methoxy groups -OCH3 is 1. The quantitative estimate of drug-likeness (QED) is 0.297. The van der Waals surface area contributed by atoms with E-state index in [1.165, 1.54) is 14.0 Å². The van der Waals surface area contributed by atoms with Gasteiger partial charge in [-0.15, -0.1) is 0 Å². The van der Waals surface area contributed by atoms with Gasteiger partial charge in [-0.3, -0.25) is 4.79 Å². The summed E-state index contributed by atoms with van der Waals surface area (Å²) in [6.07, 6.45) is 1.57. The molecule has 0 radical (unpaired) electrons. The molecule has 2 aromatic rings. The molecule has 1 heterocycles. The van der Waals surface area contributed by atoms with Gasteiger partial charge in [-0.2, -0.15) is 0 Å². The zero-order chi connectivity index (χ0) is 24.0. The molecule has 172 valence electrons. The molecule has 0 atom stereocenters. The Morgan fingerprint density at radius 3 is 2.58 bits per heavy atom. The Bertz CT molecular complexity index is 1140. The first-order chi connectivity index (χ1) is 15.8. The number of nitrogens with zero attached hydrogens (tertiary/aromatic N) is 1. The summed E-state index contributed by atoms with van der Waals surface area (Å²) in [5.74, 6) is -0.306. The molecule has 1 aliphatic heterocycles. The fourth-order valence-corrected chi connectivity index (χ4v) is 3.67. The molecule has 33 heavy (non-hydrogen) atoms. The second kappa shape index (κ2) is 10.9. The van der Waals surface area contributed by atoms with Crippen molar-refractivity contribution < 1.29 is 33.3 Å². The maximum Gasteiger partial charge on any atom is 0.363 e. The number of benzene rings is 2. The molecule has 1 N–H and O–H groups in total. The highest BCUT2D eigenvalue weighted by atomic mass is 127. The summed E-state index contributed by atoms with van der Waals surface area (Å²) < 4.78 is 21.8. The van der Waals surface area contributed by atoms with E-state index in [-0.39, 0.29) is 30.7 Å². The van der Waals surface area contributed by atoms with Crippen LogP contribution in [0.3, 0.4) is 0 Å². The van der Waals surface area contributed by atoms with Crippen molar-refractivity contribution in [3.63, 3.8) is 0 Å². The molecule has 2 aromatic carbocycles. The number of rotatable bonds is 8. The van der Waals surface area contributed by atoms with E-state index < -0.39 is 11.9 Å². The zero-order valence-corrected chi connectivity index (χ0v) is 20.3. The molecular weight excluding hydrogens is 543 g/mol. The predicted octanol–water partition coefficient (Wildman–Crippen LogP) is 3.54. The smallest absolute Gasteiger partial charge is 0.363 e. The molecule has 3 rings (SSSR count). The lowest BCUT2D eigenvalue weighted by atomic mass is 10.1. The van der Waals surface area contributed by atoms with E-state index >= 15 is 0 Å². The van der Waals surface area contributed by atoms with Gasteiger partial charge >= 0.3 is 11.9 Å². The number of ether oxygens (including phenoxy) is 4. The van der Waals surface area contributed by atoms with Crippen LogP contribution in [0.1, 0.15) is 25.0 Å². The average Bonchev–Trinajstić information content (AvgIpc) is 3.13. The number of aliphatic imine (C=N–C) groups is 1.